The van der Waals surface area contributed by atoms with Crippen molar-refractivity contribution in [1.29, 1.82) is 0 Å². The number of nitrogens with zero attached hydrogens (tertiary/aromatic N) is 1. The van der Waals surface area contributed by atoms with Crippen molar-refractivity contribution >= 4 is 34.2 Å². The van der Waals surface area contributed by atoms with Crippen LogP contribution in [0.2, 0.25) is 0 Å². The summed E-state index contributed by atoms with van der Waals surface area (Å²) in [6.45, 7) is 0.358. The van der Waals surface area contributed by atoms with E-state index in [0.717, 1.165) is 10.8 Å². The molecule has 0 heterocycles. The highest BCUT2D eigenvalue weighted by atomic mass is 16.5. The third-order valence-corrected chi connectivity index (χ3v) is 4.91. The number of fused-ring (bicyclic) bond motifs is 1. The monoisotopic (exact) mass is 433 g/mol. The molecular formula is C24H27N5O3. The van der Waals surface area contributed by atoms with E-state index in [1.54, 1.807) is 37.4 Å². The highest BCUT2D eigenvalue weighted by molar-refractivity contribution is 6.02. The topological polar surface area (TPSA) is 132 Å². The molecule has 8 nitrogen and oxygen atoms in total. The van der Waals surface area contributed by atoms with E-state index in [2.05, 4.69) is 15.6 Å². The van der Waals surface area contributed by atoms with Crippen LogP contribution < -0.4 is 26.8 Å². The lowest BCUT2D eigenvalue weighted by Crippen LogP contribution is -2.44. The first-order chi connectivity index (χ1) is 15.5. The predicted octanol–water partition coefficient (Wildman–Crippen LogP) is 2.64. The van der Waals surface area contributed by atoms with Crippen LogP contribution in [0, 0.1) is 0 Å². The van der Waals surface area contributed by atoms with E-state index in [9.17, 15) is 9.59 Å². The highest BCUT2D eigenvalue weighted by Crippen LogP contribution is 2.29. The first kappa shape index (κ1) is 22.6. The number of guanidine groups is 1. The average molecular weight is 434 g/mol. The number of aliphatic imine (C=N–C) groups is 1. The number of amides is 2. The van der Waals surface area contributed by atoms with Crippen molar-refractivity contribution in [2.45, 2.75) is 18.9 Å². The molecule has 2 amide bonds. The summed E-state index contributed by atoms with van der Waals surface area (Å²) in [5.74, 6) is -0.0291. The molecule has 3 rings (SSSR count). The molecule has 32 heavy (non-hydrogen) atoms. The number of benzene rings is 3. The Bertz CT molecular complexity index is 1110. The first-order valence-electron chi connectivity index (χ1n) is 10.3. The van der Waals surface area contributed by atoms with Crippen molar-refractivity contribution in [3.8, 4) is 5.75 Å². The molecule has 0 fully saturated rings. The lowest BCUT2D eigenvalue weighted by molar-refractivity contribution is -0.118. The van der Waals surface area contributed by atoms with Gasteiger partial charge < -0.3 is 26.8 Å². The Morgan fingerprint density at radius 3 is 2.47 bits per heavy atom. The van der Waals surface area contributed by atoms with Crippen LogP contribution in [0.4, 0.5) is 5.69 Å². The Morgan fingerprint density at radius 1 is 1.03 bits per heavy atom. The second kappa shape index (κ2) is 10.8. The molecule has 3 aromatic carbocycles. The fourth-order valence-corrected chi connectivity index (χ4v) is 3.35. The van der Waals surface area contributed by atoms with Gasteiger partial charge in [-0.25, -0.2) is 0 Å². The number of carbonyl (C=O) groups excluding carboxylic acids is 2. The van der Waals surface area contributed by atoms with E-state index in [1.807, 2.05) is 36.4 Å². The van der Waals surface area contributed by atoms with E-state index >= 15 is 0 Å². The molecule has 3 aromatic rings. The van der Waals surface area contributed by atoms with Crippen molar-refractivity contribution < 1.29 is 14.3 Å². The van der Waals surface area contributed by atoms with E-state index in [1.165, 1.54) is 0 Å². The second-order valence-electron chi connectivity index (χ2n) is 7.23. The van der Waals surface area contributed by atoms with Gasteiger partial charge in [0.2, 0.25) is 5.91 Å². The summed E-state index contributed by atoms with van der Waals surface area (Å²) in [5, 5.41) is 7.58. The van der Waals surface area contributed by atoms with Crippen molar-refractivity contribution in [1.82, 2.24) is 5.32 Å². The molecule has 0 spiro atoms. The first-order valence-corrected chi connectivity index (χ1v) is 10.3. The van der Waals surface area contributed by atoms with Crippen LogP contribution in [0.1, 0.15) is 23.2 Å². The third kappa shape index (κ3) is 5.98. The minimum atomic E-state index is -0.769. The molecule has 0 aliphatic heterocycles. The molecule has 1 atom stereocenters. The van der Waals surface area contributed by atoms with Gasteiger partial charge in [-0.3, -0.25) is 14.6 Å². The number of carbonyl (C=O) groups is 2. The van der Waals surface area contributed by atoms with Crippen molar-refractivity contribution in [2.24, 2.45) is 16.5 Å². The Hall–Kier alpha value is -4.07. The van der Waals surface area contributed by atoms with Crippen molar-refractivity contribution in [2.75, 3.05) is 19.0 Å². The van der Waals surface area contributed by atoms with Gasteiger partial charge in [0.05, 0.1) is 7.11 Å². The largest absolute Gasteiger partial charge is 0.496 e. The Balaban J connectivity index is 1.78. The van der Waals surface area contributed by atoms with Crippen LogP contribution in [0.25, 0.3) is 10.8 Å². The molecule has 0 bridgehead atoms. The van der Waals surface area contributed by atoms with Gasteiger partial charge >= 0.3 is 0 Å². The molecule has 166 valence electrons. The summed E-state index contributed by atoms with van der Waals surface area (Å²) in [6.07, 6.45) is 0.887. The molecule has 0 aliphatic carbocycles. The molecule has 8 heteroatoms. The number of methoxy groups -OCH3 is 1. The molecule has 0 saturated heterocycles. The maximum atomic E-state index is 13.1. The predicted molar refractivity (Wildman–Crippen MR) is 127 cm³/mol. The zero-order valence-electron chi connectivity index (χ0n) is 17.9. The van der Waals surface area contributed by atoms with Gasteiger partial charge in [0, 0.05) is 29.2 Å². The van der Waals surface area contributed by atoms with Crippen LogP contribution in [-0.4, -0.2) is 37.5 Å². The van der Waals surface area contributed by atoms with Gasteiger partial charge in [0.1, 0.15) is 11.8 Å². The highest BCUT2D eigenvalue weighted by Gasteiger charge is 2.22. The molecular weight excluding hydrogens is 406 g/mol. The van der Waals surface area contributed by atoms with Crippen LogP contribution in [0.15, 0.2) is 71.7 Å². The fraction of sp³-hybridized carbons (Fsp3) is 0.208. The number of nitrogens with two attached hydrogens (primary N) is 2. The SMILES string of the molecule is COc1cc(NC(=O)[C@H](CCCN=C(N)N)NC(=O)c2ccccc2)cc2ccccc12. The summed E-state index contributed by atoms with van der Waals surface area (Å²) in [5.41, 5.74) is 11.8. The van der Waals surface area contributed by atoms with E-state index in [4.69, 9.17) is 16.2 Å². The molecule has 6 N–H and O–H groups in total. The average Bonchev–Trinajstić information content (AvgIpc) is 2.80. The lowest BCUT2D eigenvalue weighted by atomic mass is 10.1. The number of nitrogens with one attached hydrogen (secondary N) is 2. The van der Waals surface area contributed by atoms with Crippen LogP contribution in [0.3, 0.4) is 0 Å². The molecule has 0 radical (unpaired) electrons. The smallest absolute Gasteiger partial charge is 0.251 e. The Labute approximate surface area is 186 Å². The quantitative estimate of drug-likeness (QED) is 0.234. The Morgan fingerprint density at radius 2 is 1.75 bits per heavy atom. The van der Waals surface area contributed by atoms with Gasteiger partial charge in [-0.15, -0.1) is 0 Å². The molecule has 0 aromatic heterocycles. The molecule has 0 unspecified atom stereocenters. The van der Waals surface area contributed by atoms with Crippen molar-refractivity contribution in [3.05, 3.63) is 72.3 Å². The van der Waals surface area contributed by atoms with Gasteiger partial charge in [-0.2, -0.15) is 0 Å². The summed E-state index contributed by atoms with van der Waals surface area (Å²) >= 11 is 0. The standard InChI is InChI=1S/C24H27N5O3/c1-32-21-15-18(14-17-10-5-6-11-19(17)21)28-23(31)20(12-7-13-27-24(25)26)29-22(30)16-8-3-2-4-9-16/h2-6,8-11,14-15,20H,7,12-13H2,1H3,(H,28,31)(H,29,30)(H4,25,26,27)/t20-/m0/s1. The minimum Gasteiger partial charge on any atom is -0.496 e. The zero-order chi connectivity index (χ0) is 22.9. The van der Waals surface area contributed by atoms with Gasteiger partial charge in [-0.1, -0.05) is 42.5 Å². The number of hydrogen-bond donors (Lipinski definition) is 4. The zero-order valence-corrected chi connectivity index (χ0v) is 17.9. The summed E-state index contributed by atoms with van der Waals surface area (Å²) in [4.78, 5) is 29.7. The summed E-state index contributed by atoms with van der Waals surface area (Å²) in [6, 6.07) is 19.3. The Kier molecular flexibility index (Phi) is 7.64. The van der Waals surface area contributed by atoms with E-state index in [0.29, 0.717) is 36.4 Å². The number of anilines is 1. The maximum Gasteiger partial charge on any atom is 0.251 e. The molecule has 0 aliphatic rings. The van der Waals surface area contributed by atoms with Crippen LogP contribution >= 0.6 is 0 Å². The fourth-order valence-electron chi connectivity index (χ4n) is 3.35. The number of ether oxygens (including phenoxy) is 1. The summed E-state index contributed by atoms with van der Waals surface area (Å²) in [7, 11) is 1.58. The van der Waals surface area contributed by atoms with Gasteiger partial charge in [0.25, 0.3) is 5.91 Å². The number of hydrogen-bond acceptors (Lipinski definition) is 4. The maximum absolute atomic E-state index is 13.1. The van der Waals surface area contributed by atoms with Crippen LogP contribution in [0.5, 0.6) is 5.75 Å². The molecule has 0 saturated carbocycles. The van der Waals surface area contributed by atoms with E-state index < -0.39 is 6.04 Å². The third-order valence-electron chi connectivity index (χ3n) is 4.91. The van der Waals surface area contributed by atoms with Crippen LogP contribution in [-0.2, 0) is 4.79 Å². The summed E-state index contributed by atoms with van der Waals surface area (Å²) < 4.78 is 5.47. The second-order valence-corrected chi connectivity index (χ2v) is 7.23. The van der Waals surface area contributed by atoms with Gasteiger partial charge in [0.15, 0.2) is 5.96 Å². The van der Waals surface area contributed by atoms with Crippen molar-refractivity contribution in [3.63, 3.8) is 0 Å². The van der Waals surface area contributed by atoms with E-state index in [-0.39, 0.29) is 17.8 Å². The number of rotatable bonds is 9. The minimum absolute atomic E-state index is 0.0115. The van der Waals surface area contributed by atoms with Gasteiger partial charge in [-0.05, 0) is 36.4 Å². The lowest BCUT2D eigenvalue weighted by Gasteiger charge is -2.19. The normalized spacial score (nSPS) is 11.4.